The van der Waals surface area contributed by atoms with Crippen LogP contribution in [0.2, 0.25) is 5.02 Å². The predicted molar refractivity (Wildman–Crippen MR) is 160 cm³/mol. The van der Waals surface area contributed by atoms with E-state index in [0.717, 1.165) is 65.0 Å². The molecule has 8 nitrogen and oxygen atoms in total. The van der Waals surface area contributed by atoms with Crippen LogP contribution in [0.3, 0.4) is 0 Å². The van der Waals surface area contributed by atoms with Crippen molar-refractivity contribution in [3.05, 3.63) is 77.2 Å². The number of methoxy groups -OCH3 is 1. The zero-order chi connectivity index (χ0) is 28.1. The third kappa shape index (κ3) is 6.46. The van der Waals surface area contributed by atoms with E-state index in [-0.39, 0.29) is 23.8 Å². The molecular formula is C31H37ClN6O2. The van der Waals surface area contributed by atoms with E-state index in [9.17, 15) is 4.79 Å². The standard InChI is InChI=1S/C31H37ClN6O2/c1-40-14-4-13-38-28-7-2-6-27(32)26(28)17-29(38)23-5-3-12-37(20-23)30(39)16-25(33)15-21-8-10-22(11-9-21)24-18-35-31(34)36-19-24/h2,6-11,17-19,23,25H,3-5,12-16,20,33H2,1H3,(H2,34,35,36)/t23?,25-/m1/s1. The van der Waals surface area contributed by atoms with E-state index < -0.39 is 0 Å². The highest BCUT2D eigenvalue weighted by Gasteiger charge is 2.28. The Kier molecular flexibility index (Phi) is 8.99. The van der Waals surface area contributed by atoms with Crippen molar-refractivity contribution in [3.8, 4) is 11.1 Å². The van der Waals surface area contributed by atoms with Gasteiger partial charge in [0.05, 0.1) is 0 Å². The molecule has 0 saturated carbocycles. The van der Waals surface area contributed by atoms with Gasteiger partial charge in [0.25, 0.3) is 0 Å². The van der Waals surface area contributed by atoms with Gasteiger partial charge in [0.15, 0.2) is 0 Å². The number of benzene rings is 2. The van der Waals surface area contributed by atoms with Gasteiger partial charge in [-0.15, -0.1) is 0 Å². The molecule has 1 fully saturated rings. The van der Waals surface area contributed by atoms with Crippen LogP contribution in [0.1, 0.15) is 42.9 Å². The average molecular weight is 561 g/mol. The molecule has 0 spiro atoms. The van der Waals surface area contributed by atoms with Gasteiger partial charge in [-0.05, 0) is 55.0 Å². The van der Waals surface area contributed by atoms with Gasteiger partial charge in [-0.1, -0.05) is 41.9 Å². The first-order valence-electron chi connectivity index (χ1n) is 13.9. The van der Waals surface area contributed by atoms with Crippen LogP contribution < -0.4 is 11.5 Å². The highest BCUT2D eigenvalue weighted by atomic mass is 35.5. The van der Waals surface area contributed by atoms with Crippen LogP contribution in [0.25, 0.3) is 22.0 Å². The molecule has 1 aliphatic rings. The Morgan fingerprint density at radius 1 is 1.15 bits per heavy atom. The van der Waals surface area contributed by atoms with E-state index in [4.69, 9.17) is 27.8 Å². The number of carbonyl (C=O) groups excluding carboxylic acids is 1. The summed E-state index contributed by atoms with van der Waals surface area (Å²) < 4.78 is 7.67. The Labute approximate surface area is 240 Å². The minimum atomic E-state index is -0.252. The number of aromatic nitrogens is 3. The lowest BCUT2D eigenvalue weighted by molar-refractivity contribution is -0.132. The fourth-order valence-corrected chi connectivity index (χ4v) is 5.94. The summed E-state index contributed by atoms with van der Waals surface area (Å²) in [6.45, 7) is 3.02. The van der Waals surface area contributed by atoms with E-state index >= 15 is 0 Å². The number of ether oxygens (including phenoxy) is 1. The summed E-state index contributed by atoms with van der Waals surface area (Å²) in [6, 6.07) is 16.1. The van der Waals surface area contributed by atoms with Gasteiger partial charge >= 0.3 is 0 Å². The maximum atomic E-state index is 13.3. The van der Waals surface area contributed by atoms with Crippen LogP contribution in [0, 0.1) is 0 Å². The Bertz CT molecular complexity index is 1440. The summed E-state index contributed by atoms with van der Waals surface area (Å²) in [6.07, 6.45) is 7.30. The summed E-state index contributed by atoms with van der Waals surface area (Å²) in [5.41, 5.74) is 17.4. The third-order valence-corrected chi connectivity index (χ3v) is 8.07. The largest absolute Gasteiger partial charge is 0.385 e. The van der Waals surface area contributed by atoms with Gasteiger partial charge in [-0.2, -0.15) is 0 Å². The Balaban J connectivity index is 1.22. The first-order valence-corrected chi connectivity index (χ1v) is 14.3. The first-order chi connectivity index (χ1) is 19.4. The molecule has 0 bridgehead atoms. The van der Waals surface area contributed by atoms with Crippen molar-refractivity contribution in [2.75, 3.05) is 32.5 Å². The number of fused-ring (bicyclic) bond motifs is 1. The first kappa shape index (κ1) is 28.1. The fourth-order valence-electron chi connectivity index (χ4n) is 5.72. The summed E-state index contributed by atoms with van der Waals surface area (Å²) in [4.78, 5) is 23.5. The third-order valence-electron chi connectivity index (χ3n) is 7.74. The smallest absolute Gasteiger partial charge is 0.224 e. The van der Waals surface area contributed by atoms with Gasteiger partial charge in [0, 0.05) is 91.3 Å². The van der Waals surface area contributed by atoms with Gasteiger partial charge < -0.3 is 25.7 Å². The maximum absolute atomic E-state index is 13.3. The number of piperidine rings is 1. The van der Waals surface area contributed by atoms with Gasteiger partial charge in [-0.3, -0.25) is 4.79 Å². The van der Waals surface area contributed by atoms with Crippen LogP contribution in [0.5, 0.6) is 0 Å². The number of aryl methyl sites for hydroxylation is 1. The second kappa shape index (κ2) is 12.8. The minimum absolute atomic E-state index is 0.118. The van der Waals surface area contributed by atoms with Crippen molar-refractivity contribution >= 4 is 34.4 Å². The van der Waals surface area contributed by atoms with Gasteiger partial charge in [0.1, 0.15) is 0 Å². The van der Waals surface area contributed by atoms with Crippen molar-refractivity contribution in [2.45, 2.75) is 50.6 Å². The summed E-state index contributed by atoms with van der Waals surface area (Å²) in [5, 5.41) is 1.82. The molecule has 2 aromatic heterocycles. The van der Waals surface area contributed by atoms with E-state index in [1.54, 1.807) is 19.5 Å². The zero-order valence-electron chi connectivity index (χ0n) is 22.9. The molecule has 210 valence electrons. The molecule has 1 saturated heterocycles. The van der Waals surface area contributed by atoms with Gasteiger partial charge in [-0.25, -0.2) is 9.97 Å². The zero-order valence-corrected chi connectivity index (χ0v) is 23.7. The fraction of sp³-hybridized carbons (Fsp3) is 0.387. The van der Waals surface area contributed by atoms with Crippen LogP contribution in [-0.2, 0) is 22.5 Å². The normalized spacial score (nSPS) is 16.4. The number of carbonyl (C=O) groups is 1. The van der Waals surface area contributed by atoms with Crippen molar-refractivity contribution in [3.63, 3.8) is 0 Å². The second-order valence-corrected chi connectivity index (χ2v) is 11.0. The van der Waals surface area contributed by atoms with Crippen LogP contribution in [0.4, 0.5) is 5.95 Å². The maximum Gasteiger partial charge on any atom is 0.224 e. The molecule has 4 aromatic rings. The number of nitrogens with two attached hydrogens (primary N) is 2. The topological polar surface area (TPSA) is 112 Å². The van der Waals surface area contributed by atoms with E-state index in [1.165, 1.54) is 5.69 Å². The predicted octanol–water partition coefficient (Wildman–Crippen LogP) is 5.04. The lowest BCUT2D eigenvalue weighted by Crippen LogP contribution is -2.42. The Morgan fingerprint density at radius 3 is 2.67 bits per heavy atom. The molecule has 40 heavy (non-hydrogen) atoms. The molecule has 5 rings (SSSR count). The molecule has 1 amide bonds. The second-order valence-electron chi connectivity index (χ2n) is 10.6. The molecule has 9 heteroatoms. The minimum Gasteiger partial charge on any atom is -0.385 e. The van der Waals surface area contributed by atoms with Crippen molar-refractivity contribution in [2.24, 2.45) is 5.73 Å². The summed E-state index contributed by atoms with van der Waals surface area (Å²) >= 11 is 6.56. The molecule has 0 radical (unpaired) electrons. The number of nitrogens with zero attached hydrogens (tertiary/aromatic N) is 4. The Morgan fingerprint density at radius 2 is 1.93 bits per heavy atom. The number of nitrogen functional groups attached to an aromatic ring is 1. The summed E-state index contributed by atoms with van der Waals surface area (Å²) in [7, 11) is 1.73. The number of halogens is 1. The van der Waals surface area contributed by atoms with E-state index in [1.807, 2.05) is 41.3 Å². The number of likely N-dealkylation sites (tertiary alicyclic amines) is 1. The molecule has 1 unspecified atom stereocenters. The Hall–Kier alpha value is -3.46. The quantitative estimate of drug-likeness (QED) is 0.263. The number of hydrogen-bond acceptors (Lipinski definition) is 6. The molecule has 2 atom stereocenters. The monoisotopic (exact) mass is 560 g/mol. The van der Waals surface area contributed by atoms with Crippen molar-refractivity contribution < 1.29 is 9.53 Å². The molecule has 4 N–H and O–H groups in total. The highest BCUT2D eigenvalue weighted by Crippen LogP contribution is 2.35. The van der Waals surface area contributed by atoms with Gasteiger partial charge in [0.2, 0.25) is 11.9 Å². The number of anilines is 1. The number of amides is 1. The molecule has 2 aromatic carbocycles. The molecule has 0 aliphatic carbocycles. The van der Waals surface area contributed by atoms with Crippen molar-refractivity contribution in [1.29, 1.82) is 0 Å². The lowest BCUT2D eigenvalue weighted by Gasteiger charge is -2.34. The number of hydrogen-bond donors (Lipinski definition) is 2. The lowest BCUT2D eigenvalue weighted by atomic mass is 9.93. The van der Waals surface area contributed by atoms with Crippen LogP contribution >= 0.6 is 11.6 Å². The molecule has 3 heterocycles. The van der Waals surface area contributed by atoms with Crippen LogP contribution in [-0.4, -0.2) is 58.2 Å². The van der Waals surface area contributed by atoms with E-state index in [2.05, 4.69) is 26.7 Å². The molecular weight excluding hydrogens is 524 g/mol. The highest BCUT2D eigenvalue weighted by molar-refractivity contribution is 6.35. The average Bonchev–Trinajstić information content (AvgIpc) is 3.34. The SMILES string of the molecule is COCCCn1c(C2CCCN(C(=O)C[C@H](N)Cc3ccc(-c4cnc(N)nc4)cc3)C2)cc2c(Cl)cccc21. The number of rotatable bonds is 10. The van der Waals surface area contributed by atoms with E-state index in [0.29, 0.717) is 26.0 Å². The molecule has 1 aliphatic heterocycles. The van der Waals surface area contributed by atoms with Crippen LogP contribution in [0.15, 0.2) is 60.9 Å². The summed E-state index contributed by atoms with van der Waals surface area (Å²) in [5.74, 6) is 0.627. The van der Waals surface area contributed by atoms with Crippen molar-refractivity contribution in [1.82, 2.24) is 19.4 Å².